The van der Waals surface area contributed by atoms with Gasteiger partial charge in [-0.1, -0.05) is 6.92 Å². The Balaban J connectivity index is 1.75. The third-order valence-electron chi connectivity index (χ3n) is 4.14. The number of likely N-dealkylation sites (tertiary alicyclic amines) is 1. The minimum atomic E-state index is -3.35. The summed E-state index contributed by atoms with van der Waals surface area (Å²) in [5.74, 6) is 1.08. The van der Waals surface area contributed by atoms with Crippen LogP contribution < -0.4 is 0 Å². The molecule has 0 aliphatic carbocycles. The van der Waals surface area contributed by atoms with Crippen molar-refractivity contribution in [2.75, 3.05) is 25.4 Å². The molecule has 6 nitrogen and oxygen atoms in total. The number of carbonyl (C=O) groups is 1. The summed E-state index contributed by atoms with van der Waals surface area (Å²) in [6, 6.07) is 0. The minimum Gasteiger partial charge on any atom is -0.339 e. The number of piperidine rings is 1. The van der Waals surface area contributed by atoms with Crippen LogP contribution in [0.1, 0.15) is 19.8 Å². The highest BCUT2D eigenvalue weighted by molar-refractivity contribution is 7.90. The predicted octanol–water partition coefficient (Wildman–Crippen LogP) is 0.742. The van der Waals surface area contributed by atoms with E-state index in [1.165, 1.54) is 0 Å². The van der Waals surface area contributed by atoms with Gasteiger partial charge in [-0.05, 0) is 30.9 Å². The zero-order chi connectivity index (χ0) is 15.0. The van der Waals surface area contributed by atoms with Crippen molar-refractivity contribution in [2.45, 2.75) is 19.8 Å². The van der Waals surface area contributed by atoms with Crippen LogP contribution in [0.5, 0.6) is 0 Å². The molecule has 0 aromatic carbocycles. The molecule has 0 bridgehead atoms. The van der Waals surface area contributed by atoms with E-state index in [1.54, 1.807) is 23.3 Å². The van der Waals surface area contributed by atoms with Gasteiger partial charge in [0.2, 0.25) is 0 Å². The summed E-state index contributed by atoms with van der Waals surface area (Å²) in [6.07, 6.45) is 7.07. The minimum absolute atomic E-state index is 0.0104. The fourth-order valence-electron chi connectivity index (χ4n) is 2.72. The molecule has 7 heteroatoms. The number of amides is 1. The predicted molar refractivity (Wildman–Crippen MR) is 80.1 cm³/mol. The first-order valence-corrected chi connectivity index (χ1v) is 8.84. The summed E-state index contributed by atoms with van der Waals surface area (Å²) in [7, 11) is -3.35. The second kappa shape index (κ2) is 5.29. The molecule has 1 saturated heterocycles. The Labute approximate surface area is 124 Å². The van der Waals surface area contributed by atoms with E-state index in [9.17, 15) is 13.2 Å². The zero-order valence-corrected chi connectivity index (χ0v) is 12.8. The Hall–Kier alpha value is -1.63. The summed E-state index contributed by atoms with van der Waals surface area (Å²) in [5.41, 5.74) is 0.600. The van der Waals surface area contributed by atoms with Gasteiger partial charge in [0, 0.05) is 25.8 Å². The number of hydrogen-bond acceptors (Lipinski definition) is 4. The van der Waals surface area contributed by atoms with Gasteiger partial charge in [-0.2, -0.15) is 0 Å². The zero-order valence-electron chi connectivity index (χ0n) is 12.0. The van der Waals surface area contributed by atoms with E-state index >= 15 is 0 Å². The number of amidine groups is 1. The van der Waals surface area contributed by atoms with Crippen molar-refractivity contribution in [2.24, 2.45) is 10.3 Å². The Morgan fingerprint density at radius 2 is 1.95 bits per heavy atom. The van der Waals surface area contributed by atoms with Crippen LogP contribution in [0.3, 0.4) is 0 Å². The van der Waals surface area contributed by atoms with E-state index in [0.29, 0.717) is 23.9 Å². The number of sulfonamides is 1. The van der Waals surface area contributed by atoms with Crippen molar-refractivity contribution in [1.82, 2.24) is 9.80 Å². The van der Waals surface area contributed by atoms with Crippen LogP contribution in [-0.2, 0) is 14.8 Å². The standard InChI is InChI=1S/C14H19N3O3S/c1-11-4-6-16(7-5-11)14(18)12-2-3-13-15-21(19,20)9-8-17(13)10-12/h2-3,10-11H,4-9H2,1H3. The van der Waals surface area contributed by atoms with Crippen LogP contribution in [0, 0.1) is 5.92 Å². The van der Waals surface area contributed by atoms with E-state index in [4.69, 9.17) is 0 Å². The molecule has 0 saturated carbocycles. The Morgan fingerprint density at radius 1 is 1.24 bits per heavy atom. The van der Waals surface area contributed by atoms with E-state index < -0.39 is 10.0 Å². The molecule has 3 rings (SSSR count). The van der Waals surface area contributed by atoms with Crippen LogP contribution in [0.4, 0.5) is 0 Å². The summed E-state index contributed by atoms with van der Waals surface area (Å²) < 4.78 is 26.6. The third-order valence-corrected chi connectivity index (χ3v) is 5.31. The Kier molecular flexibility index (Phi) is 3.61. The molecular formula is C14H19N3O3S. The average molecular weight is 309 g/mol. The van der Waals surface area contributed by atoms with E-state index in [-0.39, 0.29) is 11.7 Å². The smallest absolute Gasteiger partial charge is 0.256 e. The average Bonchev–Trinajstić information content (AvgIpc) is 2.46. The molecule has 0 aromatic rings. The summed E-state index contributed by atoms with van der Waals surface area (Å²) in [6.45, 7) is 4.14. The molecular weight excluding hydrogens is 290 g/mol. The van der Waals surface area contributed by atoms with Gasteiger partial charge in [-0.15, -0.1) is 4.40 Å². The lowest BCUT2D eigenvalue weighted by atomic mass is 9.98. The molecule has 0 radical (unpaired) electrons. The van der Waals surface area contributed by atoms with Gasteiger partial charge in [-0.3, -0.25) is 4.79 Å². The lowest BCUT2D eigenvalue weighted by molar-refractivity contribution is -0.128. The summed E-state index contributed by atoms with van der Waals surface area (Å²) in [4.78, 5) is 16.1. The first-order chi connectivity index (χ1) is 9.94. The van der Waals surface area contributed by atoms with Crippen LogP contribution in [-0.4, -0.2) is 55.3 Å². The monoisotopic (exact) mass is 309 g/mol. The highest BCUT2D eigenvalue weighted by Crippen LogP contribution is 2.21. The molecule has 0 unspecified atom stereocenters. The van der Waals surface area contributed by atoms with Crippen molar-refractivity contribution in [3.8, 4) is 0 Å². The lowest BCUT2D eigenvalue weighted by Gasteiger charge is -2.32. The summed E-state index contributed by atoms with van der Waals surface area (Å²) >= 11 is 0. The molecule has 3 aliphatic heterocycles. The number of nitrogens with zero attached hydrogens (tertiary/aromatic N) is 3. The second-order valence-corrected chi connectivity index (χ2v) is 7.58. The fourth-order valence-corrected chi connectivity index (χ4v) is 3.69. The van der Waals surface area contributed by atoms with E-state index in [1.807, 2.05) is 4.90 Å². The number of rotatable bonds is 1. The van der Waals surface area contributed by atoms with Crippen molar-refractivity contribution >= 4 is 21.8 Å². The van der Waals surface area contributed by atoms with Gasteiger partial charge in [-0.25, -0.2) is 8.42 Å². The highest BCUT2D eigenvalue weighted by Gasteiger charge is 2.27. The highest BCUT2D eigenvalue weighted by atomic mass is 32.2. The molecule has 0 atom stereocenters. The molecule has 1 amide bonds. The third kappa shape index (κ3) is 3.02. The van der Waals surface area contributed by atoms with Crippen LogP contribution in [0.2, 0.25) is 0 Å². The summed E-state index contributed by atoms with van der Waals surface area (Å²) in [5, 5.41) is 0. The van der Waals surface area contributed by atoms with Gasteiger partial charge in [0.05, 0.1) is 11.3 Å². The maximum atomic E-state index is 12.5. The van der Waals surface area contributed by atoms with Crippen molar-refractivity contribution in [3.05, 3.63) is 23.9 Å². The molecule has 21 heavy (non-hydrogen) atoms. The Morgan fingerprint density at radius 3 is 2.67 bits per heavy atom. The SMILES string of the molecule is CC1CCN(C(=O)C2=CN3CCS(=O)(=O)N=C3C=C2)CC1. The first-order valence-electron chi connectivity index (χ1n) is 7.23. The molecule has 0 N–H and O–H groups in total. The van der Waals surface area contributed by atoms with Gasteiger partial charge in [0.25, 0.3) is 15.9 Å². The first kappa shape index (κ1) is 14.3. The molecule has 1 fully saturated rings. The normalized spacial score (nSPS) is 25.2. The van der Waals surface area contributed by atoms with Crippen LogP contribution in [0.25, 0.3) is 0 Å². The second-order valence-electron chi connectivity index (χ2n) is 5.82. The molecule has 3 heterocycles. The molecule has 0 aromatic heterocycles. The number of hydrogen-bond donors (Lipinski definition) is 0. The largest absolute Gasteiger partial charge is 0.339 e. The lowest BCUT2D eigenvalue weighted by Crippen LogP contribution is -2.41. The topological polar surface area (TPSA) is 70.1 Å². The van der Waals surface area contributed by atoms with Crippen molar-refractivity contribution in [3.63, 3.8) is 0 Å². The Bertz CT molecular complexity index is 640. The van der Waals surface area contributed by atoms with E-state index in [0.717, 1.165) is 25.9 Å². The quantitative estimate of drug-likeness (QED) is 0.716. The molecule has 0 spiro atoms. The molecule has 3 aliphatic rings. The number of fused-ring (bicyclic) bond motifs is 1. The maximum Gasteiger partial charge on any atom is 0.256 e. The van der Waals surface area contributed by atoms with E-state index in [2.05, 4.69) is 11.3 Å². The molecule has 114 valence electrons. The fraction of sp³-hybridized carbons (Fsp3) is 0.571. The van der Waals surface area contributed by atoms with Gasteiger partial charge < -0.3 is 9.80 Å². The van der Waals surface area contributed by atoms with Crippen molar-refractivity contribution in [1.29, 1.82) is 0 Å². The van der Waals surface area contributed by atoms with Crippen molar-refractivity contribution < 1.29 is 13.2 Å². The number of carbonyl (C=O) groups excluding carboxylic acids is 1. The van der Waals surface area contributed by atoms with Gasteiger partial charge >= 0.3 is 0 Å². The maximum absolute atomic E-state index is 12.5. The van der Waals surface area contributed by atoms with Gasteiger partial charge in [0.1, 0.15) is 5.84 Å². The van der Waals surface area contributed by atoms with Gasteiger partial charge in [0.15, 0.2) is 0 Å². The van der Waals surface area contributed by atoms with Crippen LogP contribution >= 0.6 is 0 Å². The van der Waals surface area contributed by atoms with Crippen LogP contribution in [0.15, 0.2) is 28.3 Å².